The van der Waals surface area contributed by atoms with E-state index < -0.39 is 60.4 Å². The Bertz CT molecular complexity index is 3660. The van der Waals surface area contributed by atoms with Gasteiger partial charge in [-0.1, -0.05) is 12.2 Å². The van der Waals surface area contributed by atoms with E-state index in [0.29, 0.717) is 41.1 Å². The Labute approximate surface area is 485 Å². The number of fused-ring (bicyclic) bond motifs is 2. The molecular weight excluding hydrogens is 1110 g/mol. The molecule has 0 radical (unpaired) electrons. The molecule has 4 amide bonds. The summed E-state index contributed by atoms with van der Waals surface area (Å²) >= 11 is 0. The number of imidazole rings is 2. The molecule has 1 fully saturated rings. The number of carboxylic acids is 1. The van der Waals surface area contributed by atoms with Gasteiger partial charge in [0.25, 0.3) is 11.8 Å². The number of rotatable bonds is 25. The molecule has 0 saturated carbocycles. The number of aliphatic hydroxyl groups is 3. The van der Waals surface area contributed by atoms with Gasteiger partial charge >= 0.3 is 18.0 Å². The fourth-order valence-corrected chi connectivity index (χ4v) is 9.32. The van der Waals surface area contributed by atoms with Gasteiger partial charge in [-0.25, -0.2) is 24.4 Å². The minimum absolute atomic E-state index is 0.0184. The highest BCUT2D eigenvalue weighted by molar-refractivity contribution is 6.05. The number of methoxy groups -OCH3 is 2. The molecule has 8 rings (SSSR count). The minimum Gasteiger partial charge on any atom is -0.494 e. The van der Waals surface area contributed by atoms with E-state index in [1.165, 1.54) is 68.6 Å². The second kappa shape index (κ2) is 27.3. The van der Waals surface area contributed by atoms with Crippen LogP contribution in [0.15, 0.2) is 66.7 Å². The predicted molar refractivity (Wildman–Crippen MR) is 305 cm³/mol. The Kier molecular flexibility index (Phi) is 19.8. The number of nitrogens with two attached hydrogens (primary N) is 1. The second-order valence-corrected chi connectivity index (χ2v) is 19.6. The molecule has 0 bridgehead atoms. The van der Waals surface area contributed by atoms with E-state index in [-0.39, 0.29) is 127 Å². The Hall–Kier alpha value is -9.42. The summed E-state index contributed by atoms with van der Waals surface area (Å²) in [6.45, 7) is 7.64. The Balaban J connectivity index is 1.04. The van der Waals surface area contributed by atoms with Crippen LogP contribution in [0.3, 0.4) is 0 Å². The summed E-state index contributed by atoms with van der Waals surface area (Å²) in [5.74, 6) is -2.78. The minimum atomic E-state index is -1.58. The number of ether oxygens (including phenoxy) is 6. The van der Waals surface area contributed by atoms with E-state index >= 15 is 0 Å². The average Bonchev–Trinajstić information content (AvgIpc) is 3.45. The zero-order chi connectivity index (χ0) is 61.2. The average molecular weight is 1180 g/mol. The maximum atomic E-state index is 14.1. The van der Waals surface area contributed by atoms with Gasteiger partial charge in [-0.15, -0.1) is 0 Å². The SMILES string of the molecule is CCn1nc(C)cc1C(=O)Nc1nc2cc(C(=O)O)cc(OC)c2n1C/C=C/Cn1c(NC(=O)c2cc(C)nn2CC)nc2cc(C(=O)OC)cc(OCCCN(C)C(=O)OCc3ccc(OC4OC[C@@H](O)[C@H](O)[C@H]4O)cc3NC(=O)CCN)c21. The molecule has 1 saturated heterocycles. The number of aryl methyl sites for hydroxylation is 4. The summed E-state index contributed by atoms with van der Waals surface area (Å²) in [6, 6.07) is 13.4. The molecule has 29 nitrogen and oxygen atoms in total. The number of aromatic carboxylic acids is 1. The van der Waals surface area contributed by atoms with E-state index in [9.17, 15) is 49.2 Å². The molecule has 4 aromatic heterocycles. The van der Waals surface area contributed by atoms with Crippen molar-refractivity contribution in [2.75, 3.05) is 63.5 Å². The number of carboxylic acid groups (broad SMARTS) is 1. The summed E-state index contributed by atoms with van der Waals surface area (Å²) in [7, 11) is 4.12. The number of nitrogens with zero attached hydrogens (tertiary/aromatic N) is 9. The summed E-state index contributed by atoms with van der Waals surface area (Å²) < 4.78 is 40.3. The lowest BCUT2D eigenvalue weighted by atomic mass is 10.1. The molecule has 4 atom stereocenters. The fraction of sp³-hybridized carbons (Fsp3) is 0.393. The fourth-order valence-electron chi connectivity index (χ4n) is 9.32. The third kappa shape index (κ3) is 14.2. The van der Waals surface area contributed by atoms with E-state index in [4.69, 9.17) is 39.1 Å². The summed E-state index contributed by atoms with van der Waals surface area (Å²) in [5, 5.41) is 57.6. The first kappa shape index (κ1) is 61.6. The number of carbonyl (C=O) groups is 6. The van der Waals surface area contributed by atoms with Crippen molar-refractivity contribution in [3.05, 3.63) is 106 Å². The van der Waals surface area contributed by atoms with Crippen molar-refractivity contribution in [1.82, 2.24) is 43.6 Å². The van der Waals surface area contributed by atoms with Gasteiger partial charge in [0.2, 0.25) is 24.1 Å². The third-order valence-corrected chi connectivity index (χ3v) is 13.6. The number of benzene rings is 3. The molecule has 1 aliphatic rings. The molecule has 5 heterocycles. The van der Waals surface area contributed by atoms with Gasteiger partial charge in [-0.3, -0.25) is 34.4 Å². The van der Waals surface area contributed by atoms with E-state index in [2.05, 4.69) is 31.1 Å². The third-order valence-electron chi connectivity index (χ3n) is 13.6. The standard InChI is InChI=1S/C56H67N13O16/c1-8-68-39(21-30(3)63-68)49(74)61-54-59-37-23-33(51(76)77)25-42(80-6)45(37)66(54)18-10-11-19-67-46-38(60-55(67)62-50(75)40-22-31(4)64-69(40)9-2)24-34(52(78)81-7)26-43(46)82-20-12-17-65(5)56(79)84-28-32-13-14-35(27-36(32)58-44(71)15-16-57)85-53-48(73)47(72)41(70)29-83-53/h10-11,13-14,21-27,41,47-48,53,70,72-73H,8-9,12,15-20,28-29,57H2,1-7H3,(H,58,71)(H,76,77)(H,59,61,74)(H,60,62,75)/b11-10+/t41-,47+,48-,53?/m1/s1. The largest absolute Gasteiger partial charge is 0.494 e. The summed E-state index contributed by atoms with van der Waals surface area (Å²) in [6.07, 6.45) is -2.76. The lowest BCUT2D eigenvalue weighted by Crippen LogP contribution is -2.54. The maximum Gasteiger partial charge on any atom is 0.409 e. The quantitative estimate of drug-likeness (QED) is 0.0229. The molecule has 9 N–H and O–H groups in total. The van der Waals surface area contributed by atoms with Crippen LogP contribution in [-0.2, 0) is 51.8 Å². The van der Waals surface area contributed by atoms with Crippen LogP contribution in [0.25, 0.3) is 22.1 Å². The number of aromatic nitrogens is 8. The normalized spacial score (nSPS) is 15.9. The van der Waals surface area contributed by atoms with Gasteiger partial charge in [0.15, 0.2) is 0 Å². The molecule has 29 heteroatoms. The number of anilines is 3. The lowest BCUT2D eigenvalue weighted by Gasteiger charge is -2.35. The predicted octanol–water partition coefficient (Wildman–Crippen LogP) is 3.83. The number of carbonyl (C=O) groups excluding carboxylic acids is 5. The van der Waals surface area contributed by atoms with Crippen molar-refractivity contribution in [3.8, 4) is 17.2 Å². The molecule has 1 unspecified atom stereocenters. The first-order chi connectivity index (χ1) is 40.7. The van der Waals surface area contributed by atoms with Crippen LogP contribution in [0.2, 0.25) is 0 Å². The Morgan fingerprint density at radius 2 is 1.38 bits per heavy atom. The molecule has 3 aromatic carbocycles. The monoisotopic (exact) mass is 1180 g/mol. The molecule has 7 aromatic rings. The highest BCUT2D eigenvalue weighted by Gasteiger charge is 2.39. The molecular formula is C56H67N13O16. The number of hydrogen-bond donors (Lipinski definition) is 8. The van der Waals surface area contributed by atoms with E-state index in [0.717, 1.165) is 0 Å². The van der Waals surface area contributed by atoms with Crippen molar-refractivity contribution in [3.63, 3.8) is 0 Å². The second-order valence-electron chi connectivity index (χ2n) is 19.6. The zero-order valence-corrected chi connectivity index (χ0v) is 47.7. The van der Waals surface area contributed by atoms with Crippen molar-refractivity contribution in [2.45, 2.75) is 97.9 Å². The van der Waals surface area contributed by atoms with Crippen molar-refractivity contribution in [2.24, 2.45) is 5.73 Å². The first-order valence-electron chi connectivity index (χ1n) is 27.0. The number of nitrogens with one attached hydrogen (secondary N) is 3. The lowest BCUT2D eigenvalue weighted by molar-refractivity contribution is -0.242. The topological polar surface area (TPSA) is 375 Å². The van der Waals surface area contributed by atoms with Crippen LogP contribution in [0, 0.1) is 13.8 Å². The van der Waals surface area contributed by atoms with Gasteiger partial charge < -0.3 is 73.9 Å². The Morgan fingerprint density at radius 1 is 0.788 bits per heavy atom. The summed E-state index contributed by atoms with van der Waals surface area (Å²) in [4.78, 5) is 90.0. The highest BCUT2D eigenvalue weighted by Crippen LogP contribution is 2.34. The molecule has 1 aliphatic heterocycles. The van der Waals surface area contributed by atoms with E-state index in [1.807, 2.05) is 13.8 Å². The number of allylic oxidation sites excluding steroid dienone is 2. The van der Waals surface area contributed by atoms with Crippen LogP contribution < -0.4 is 35.9 Å². The smallest absolute Gasteiger partial charge is 0.409 e. The number of amides is 4. The highest BCUT2D eigenvalue weighted by atomic mass is 16.7. The van der Waals surface area contributed by atoms with Crippen LogP contribution in [0.5, 0.6) is 17.2 Å². The Morgan fingerprint density at radius 3 is 1.94 bits per heavy atom. The molecule has 0 spiro atoms. The molecule has 452 valence electrons. The van der Waals surface area contributed by atoms with Crippen LogP contribution in [-0.4, -0.2) is 172 Å². The number of esters is 1. The van der Waals surface area contributed by atoms with Crippen molar-refractivity contribution < 1.29 is 77.6 Å². The number of aliphatic hydroxyl groups excluding tert-OH is 3. The zero-order valence-electron chi connectivity index (χ0n) is 47.7. The molecule has 85 heavy (non-hydrogen) atoms. The van der Waals surface area contributed by atoms with Gasteiger partial charge in [0.1, 0.15) is 64.6 Å². The first-order valence-corrected chi connectivity index (χ1v) is 27.0. The maximum absolute atomic E-state index is 14.1. The van der Waals surface area contributed by atoms with Gasteiger partial charge in [0, 0.05) is 64.4 Å². The van der Waals surface area contributed by atoms with E-state index in [1.54, 1.807) is 56.6 Å². The van der Waals surface area contributed by atoms with Gasteiger partial charge in [-0.2, -0.15) is 10.2 Å². The van der Waals surface area contributed by atoms with Gasteiger partial charge in [0.05, 0.1) is 66.7 Å². The van der Waals surface area contributed by atoms with Crippen molar-refractivity contribution in [1.29, 1.82) is 0 Å². The van der Waals surface area contributed by atoms with Crippen LogP contribution in [0.1, 0.15) is 85.3 Å². The van der Waals surface area contributed by atoms with Crippen LogP contribution >= 0.6 is 0 Å². The van der Waals surface area contributed by atoms with Crippen molar-refractivity contribution >= 4 is 75.4 Å². The van der Waals surface area contributed by atoms with Gasteiger partial charge in [-0.05, 0) is 82.6 Å². The van der Waals surface area contributed by atoms with Crippen LogP contribution in [0.4, 0.5) is 22.4 Å². The number of hydrogen-bond acceptors (Lipinski definition) is 20. The summed E-state index contributed by atoms with van der Waals surface area (Å²) in [5.41, 5.74) is 9.16. The molecule has 0 aliphatic carbocycles.